The number of anilines is 1. The quantitative estimate of drug-likeness (QED) is 0.531. The highest BCUT2D eigenvalue weighted by Crippen LogP contribution is 2.15. The van der Waals surface area contributed by atoms with Crippen LogP contribution in [-0.4, -0.2) is 11.5 Å². The van der Waals surface area contributed by atoms with Crippen molar-refractivity contribution in [2.45, 2.75) is 0 Å². The molecule has 2 N–H and O–H groups in total. The summed E-state index contributed by atoms with van der Waals surface area (Å²) in [5.74, 6) is 0.981. The number of nitrogens with zero attached hydrogens (tertiary/aromatic N) is 1. The van der Waals surface area contributed by atoms with Crippen LogP contribution >= 0.6 is 11.8 Å². The molecule has 1 aromatic carbocycles. The Kier molecular flexibility index (Phi) is 3.72. The minimum absolute atomic E-state index is 0.0287. The van der Waals surface area contributed by atoms with Crippen molar-refractivity contribution in [3.8, 4) is 6.07 Å². The number of thioether (sulfide) groups is 1. The first-order valence-electron chi connectivity index (χ1n) is 3.87. The molecule has 5 heteroatoms. The summed E-state index contributed by atoms with van der Waals surface area (Å²) >= 11 is 2.00. The second-order valence-electron chi connectivity index (χ2n) is 2.58. The highest BCUT2D eigenvalue weighted by molar-refractivity contribution is 8.06. The molecular formula is C9H8F2N2S. The third-order valence-corrected chi connectivity index (χ3v) is 1.79. The lowest BCUT2D eigenvalue weighted by Crippen LogP contribution is -1.93. The number of rotatable bonds is 0. The van der Waals surface area contributed by atoms with Gasteiger partial charge in [0.15, 0.2) is 0 Å². The summed E-state index contributed by atoms with van der Waals surface area (Å²) in [6.07, 6.45) is 0. The highest BCUT2D eigenvalue weighted by Gasteiger charge is 2.08. The van der Waals surface area contributed by atoms with E-state index in [1.165, 1.54) is 17.6 Å². The smallest absolute Gasteiger partial charge is 0.146 e. The minimum Gasteiger partial charge on any atom is -0.399 e. The molecule has 1 aliphatic rings. The fourth-order valence-corrected chi connectivity index (χ4v) is 0.700. The average Bonchev–Trinajstić information content (AvgIpc) is 2.87. The van der Waals surface area contributed by atoms with Crippen molar-refractivity contribution in [2.24, 2.45) is 0 Å². The largest absolute Gasteiger partial charge is 0.399 e. The number of benzene rings is 1. The van der Waals surface area contributed by atoms with Crippen LogP contribution in [-0.2, 0) is 0 Å². The van der Waals surface area contributed by atoms with Crippen LogP contribution < -0.4 is 5.73 Å². The highest BCUT2D eigenvalue weighted by atomic mass is 32.2. The first-order valence-corrected chi connectivity index (χ1v) is 5.03. The van der Waals surface area contributed by atoms with Crippen molar-refractivity contribution in [1.29, 1.82) is 5.26 Å². The van der Waals surface area contributed by atoms with Crippen LogP contribution in [0.1, 0.15) is 5.56 Å². The van der Waals surface area contributed by atoms with E-state index in [0.29, 0.717) is 0 Å². The Morgan fingerprint density at radius 3 is 2.00 bits per heavy atom. The Bertz CT molecular complexity index is 346. The van der Waals surface area contributed by atoms with Crippen LogP contribution in [0.4, 0.5) is 14.5 Å². The molecule has 0 spiro atoms. The van der Waals surface area contributed by atoms with Crippen molar-refractivity contribution in [3.05, 3.63) is 29.3 Å². The number of nitrogen functional groups attached to an aromatic ring is 1. The van der Waals surface area contributed by atoms with Gasteiger partial charge in [0.25, 0.3) is 0 Å². The number of nitrogens with two attached hydrogens (primary N) is 1. The Morgan fingerprint density at radius 1 is 1.29 bits per heavy atom. The third kappa shape index (κ3) is 3.23. The van der Waals surface area contributed by atoms with Gasteiger partial charge in [-0.15, -0.1) is 0 Å². The number of nitriles is 1. The second-order valence-corrected chi connectivity index (χ2v) is 3.81. The lowest BCUT2D eigenvalue weighted by molar-refractivity contribution is 0.578. The topological polar surface area (TPSA) is 49.8 Å². The molecule has 1 heterocycles. The maximum absolute atomic E-state index is 12.6. The summed E-state index contributed by atoms with van der Waals surface area (Å²) < 4.78 is 25.1. The van der Waals surface area contributed by atoms with Crippen molar-refractivity contribution in [1.82, 2.24) is 0 Å². The standard InChI is InChI=1S/C7H4F2N2.C2H4S/c8-6-1-4(11)2-7(9)5(6)3-10;1-2-3-1/h1-2H,11H2;1-2H2. The lowest BCUT2D eigenvalue weighted by Gasteiger charge is -1.96. The SMILES string of the molecule is C1CS1.N#Cc1c(F)cc(N)cc1F. The summed E-state index contributed by atoms with van der Waals surface area (Å²) in [4.78, 5) is 0. The summed E-state index contributed by atoms with van der Waals surface area (Å²) in [6, 6.07) is 3.19. The van der Waals surface area contributed by atoms with E-state index in [0.717, 1.165) is 12.1 Å². The molecule has 0 saturated carbocycles. The maximum Gasteiger partial charge on any atom is 0.146 e. The molecular weight excluding hydrogens is 206 g/mol. The van der Waals surface area contributed by atoms with Crippen molar-refractivity contribution in [3.63, 3.8) is 0 Å². The zero-order valence-electron chi connectivity index (χ0n) is 7.26. The molecule has 0 bridgehead atoms. The molecule has 0 radical (unpaired) electrons. The van der Waals surface area contributed by atoms with Crippen molar-refractivity contribution in [2.75, 3.05) is 17.2 Å². The van der Waals surface area contributed by atoms with Gasteiger partial charge in [-0.05, 0) is 12.1 Å². The first kappa shape index (κ1) is 10.8. The molecule has 0 atom stereocenters. The molecule has 74 valence electrons. The fourth-order valence-electron chi connectivity index (χ4n) is 0.700. The molecule has 1 fully saturated rings. The average molecular weight is 214 g/mol. The van der Waals surface area contributed by atoms with Gasteiger partial charge < -0.3 is 5.73 Å². The van der Waals surface area contributed by atoms with E-state index in [9.17, 15) is 8.78 Å². The zero-order chi connectivity index (χ0) is 10.6. The fraction of sp³-hybridized carbons (Fsp3) is 0.222. The van der Waals surface area contributed by atoms with Crippen LogP contribution in [0, 0.1) is 23.0 Å². The monoisotopic (exact) mass is 214 g/mol. The van der Waals surface area contributed by atoms with Gasteiger partial charge in [0.05, 0.1) is 0 Å². The Balaban J connectivity index is 0.000000276. The van der Waals surface area contributed by atoms with Crippen LogP contribution in [0.25, 0.3) is 0 Å². The van der Waals surface area contributed by atoms with E-state index < -0.39 is 17.2 Å². The van der Waals surface area contributed by atoms with Gasteiger partial charge >= 0.3 is 0 Å². The van der Waals surface area contributed by atoms with Crippen LogP contribution in [0.5, 0.6) is 0 Å². The normalized spacial score (nSPS) is 12.4. The first-order chi connectivity index (χ1) is 6.65. The van der Waals surface area contributed by atoms with Gasteiger partial charge in [-0.1, -0.05) is 0 Å². The summed E-state index contributed by atoms with van der Waals surface area (Å²) in [5, 5.41) is 8.22. The number of halogens is 2. The predicted octanol–water partition coefficient (Wildman–Crippen LogP) is 2.15. The predicted molar refractivity (Wildman–Crippen MR) is 52.8 cm³/mol. The third-order valence-electron chi connectivity index (χ3n) is 1.38. The minimum atomic E-state index is -0.926. The van der Waals surface area contributed by atoms with Gasteiger partial charge in [-0.2, -0.15) is 17.0 Å². The zero-order valence-corrected chi connectivity index (χ0v) is 8.07. The molecule has 2 rings (SSSR count). The van der Waals surface area contributed by atoms with Gasteiger partial charge in [-0.3, -0.25) is 0 Å². The molecule has 0 aliphatic carbocycles. The van der Waals surface area contributed by atoms with E-state index in [1.807, 2.05) is 11.8 Å². The molecule has 1 aliphatic heterocycles. The van der Waals surface area contributed by atoms with Gasteiger partial charge in [-0.25, -0.2) is 8.78 Å². The maximum atomic E-state index is 12.6. The van der Waals surface area contributed by atoms with Crippen LogP contribution in [0.3, 0.4) is 0 Å². The van der Waals surface area contributed by atoms with Gasteiger partial charge in [0.1, 0.15) is 23.3 Å². The van der Waals surface area contributed by atoms with E-state index in [2.05, 4.69) is 0 Å². The molecule has 1 saturated heterocycles. The molecule has 1 aromatic rings. The van der Waals surface area contributed by atoms with E-state index in [4.69, 9.17) is 11.0 Å². The lowest BCUT2D eigenvalue weighted by atomic mass is 10.2. The molecule has 2 nitrogen and oxygen atoms in total. The molecule has 0 unspecified atom stereocenters. The molecule has 14 heavy (non-hydrogen) atoms. The summed E-state index contributed by atoms with van der Waals surface area (Å²) in [7, 11) is 0. The Morgan fingerprint density at radius 2 is 1.71 bits per heavy atom. The number of hydrogen-bond acceptors (Lipinski definition) is 3. The summed E-state index contributed by atoms with van der Waals surface area (Å²) in [6.45, 7) is 0. The van der Waals surface area contributed by atoms with E-state index >= 15 is 0 Å². The van der Waals surface area contributed by atoms with Crippen LogP contribution in [0.2, 0.25) is 0 Å². The number of hydrogen-bond donors (Lipinski definition) is 1. The van der Waals surface area contributed by atoms with Gasteiger partial charge in [0, 0.05) is 17.2 Å². The van der Waals surface area contributed by atoms with Crippen molar-refractivity contribution >= 4 is 17.4 Å². The molecule has 0 amide bonds. The van der Waals surface area contributed by atoms with Crippen LogP contribution in [0.15, 0.2) is 12.1 Å². The Labute approximate surface area is 84.7 Å². The van der Waals surface area contributed by atoms with E-state index in [1.54, 1.807) is 0 Å². The summed E-state index contributed by atoms with van der Waals surface area (Å²) in [5.41, 5.74) is 4.47. The second kappa shape index (κ2) is 4.82. The molecule has 0 aromatic heterocycles. The van der Waals surface area contributed by atoms with Gasteiger partial charge in [0.2, 0.25) is 0 Å². The van der Waals surface area contributed by atoms with Crippen molar-refractivity contribution < 1.29 is 8.78 Å². The van der Waals surface area contributed by atoms with E-state index in [-0.39, 0.29) is 5.69 Å². The Hall–Kier alpha value is -1.28.